The molecule has 1 heterocycles. The van der Waals surface area contributed by atoms with Crippen molar-refractivity contribution in [2.24, 2.45) is 5.92 Å². The molecular formula is C10H11Cl2NO3S. The minimum Gasteiger partial charge on any atom is -0.396 e. The summed E-state index contributed by atoms with van der Waals surface area (Å²) in [5.74, 6) is 0.00559. The summed E-state index contributed by atoms with van der Waals surface area (Å²) in [6, 6.07) is 4.57. The highest BCUT2D eigenvalue weighted by Gasteiger charge is 2.38. The van der Waals surface area contributed by atoms with E-state index in [-0.39, 0.29) is 27.5 Å². The maximum Gasteiger partial charge on any atom is 0.246 e. The minimum absolute atomic E-state index is 0.00559. The normalized spacial score (nSPS) is 18.1. The van der Waals surface area contributed by atoms with Crippen LogP contribution in [0, 0.1) is 5.92 Å². The van der Waals surface area contributed by atoms with Crippen LogP contribution in [0.2, 0.25) is 10.0 Å². The van der Waals surface area contributed by atoms with Gasteiger partial charge in [0.15, 0.2) is 0 Å². The first-order valence-corrected chi connectivity index (χ1v) is 7.21. The first kappa shape index (κ1) is 13.1. The Bertz CT molecular complexity index is 506. The van der Waals surface area contributed by atoms with Gasteiger partial charge in [0.25, 0.3) is 0 Å². The fraction of sp³-hybridized carbons (Fsp3) is 0.400. The molecule has 1 N–H and O–H groups in total. The van der Waals surface area contributed by atoms with Crippen molar-refractivity contribution in [2.75, 3.05) is 19.7 Å². The third kappa shape index (κ3) is 2.30. The molecule has 7 heteroatoms. The van der Waals surface area contributed by atoms with E-state index in [1.54, 1.807) is 6.07 Å². The molecule has 1 aliphatic rings. The zero-order valence-corrected chi connectivity index (χ0v) is 11.1. The first-order valence-electron chi connectivity index (χ1n) is 5.02. The monoisotopic (exact) mass is 295 g/mol. The van der Waals surface area contributed by atoms with E-state index in [2.05, 4.69) is 0 Å². The average molecular weight is 296 g/mol. The predicted molar refractivity (Wildman–Crippen MR) is 65.8 cm³/mol. The number of nitrogens with zero attached hydrogens (tertiary/aromatic N) is 1. The molecule has 1 saturated heterocycles. The van der Waals surface area contributed by atoms with E-state index in [4.69, 9.17) is 28.3 Å². The summed E-state index contributed by atoms with van der Waals surface area (Å²) in [5, 5.41) is 9.11. The molecule has 0 spiro atoms. The number of hydrogen-bond donors (Lipinski definition) is 1. The number of rotatable bonds is 3. The Morgan fingerprint density at radius 1 is 1.29 bits per heavy atom. The van der Waals surface area contributed by atoms with Crippen LogP contribution in [-0.4, -0.2) is 37.5 Å². The number of aliphatic hydroxyl groups is 1. The Hall–Kier alpha value is -0.330. The first-order chi connectivity index (χ1) is 7.96. The van der Waals surface area contributed by atoms with Crippen LogP contribution in [-0.2, 0) is 10.0 Å². The van der Waals surface area contributed by atoms with Crippen molar-refractivity contribution < 1.29 is 13.5 Å². The predicted octanol–water partition coefficient (Wildman–Crippen LogP) is 1.61. The molecule has 0 aliphatic carbocycles. The molecule has 94 valence electrons. The average Bonchev–Trinajstić information content (AvgIpc) is 2.14. The second-order valence-electron chi connectivity index (χ2n) is 3.92. The van der Waals surface area contributed by atoms with Gasteiger partial charge in [0.2, 0.25) is 10.0 Å². The van der Waals surface area contributed by atoms with Crippen molar-refractivity contribution in [2.45, 2.75) is 4.90 Å². The van der Waals surface area contributed by atoms with Crippen molar-refractivity contribution in [3.05, 3.63) is 28.2 Å². The second-order valence-corrected chi connectivity index (χ2v) is 6.61. The zero-order valence-electron chi connectivity index (χ0n) is 8.81. The molecule has 0 aromatic heterocycles. The van der Waals surface area contributed by atoms with Gasteiger partial charge in [-0.15, -0.1) is 0 Å². The molecule has 0 radical (unpaired) electrons. The summed E-state index contributed by atoms with van der Waals surface area (Å²) in [5.41, 5.74) is 0. The smallest absolute Gasteiger partial charge is 0.246 e. The second kappa shape index (κ2) is 4.74. The van der Waals surface area contributed by atoms with Crippen LogP contribution in [0.25, 0.3) is 0 Å². The molecular weight excluding hydrogens is 285 g/mol. The largest absolute Gasteiger partial charge is 0.396 e. The van der Waals surface area contributed by atoms with Gasteiger partial charge in [-0.1, -0.05) is 29.3 Å². The highest BCUT2D eigenvalue weighted by Crippen LogP contribution is 2.34. The van der Waals surface area contributed by atoms with Gasteiger partial charge in [0.1, 0.15) is 4.90 Å². The molecule has 1 aromatic carbocycles. The molecule has 0 unspecified atom stereocenters. The molecule has 2 rings (SSSR count). The summed E-state index contributed by atoms with van der Waals surface area (Å²) in [4.78, 5) is -0.0558. The van der Waals surface area contributed by atoms with Gasteiger partial charge in [0, 0.05) is 25.6 Å². The van der Waals surface area contributed by atoms with E-state index < -0.39 is 10.0 Å². The highest BCUT2D eigenvalue weighted by molar-refractivity contribution is 7.89. The van der Waals surface area contributed by atoms with Crippen LogP contribution in [0.3, 0.4) is 0 Å². The third-order valence-corrected chi connectivity index (χ3v) is 5.49. The van der Waals surface area contributed by atoms with Crippen molar-refractivity contribution >= 4 is 33.2 Å². The number of sulfonamides is 1. The third-order valence-electron chi connectivity index (χ3n) is 2.70. The summed E-state index contributed by atoms with van der Waals surface area (Å²) in [6.07, 6.45) is 0. The Kier molecular flexibility index (Phi) is 3.66. The van der Waals surface area contributed by atoms with Gasteiger partial charge in [-0.25, -0.2) is 8.42 Å². The van der Waals surface area contributed by atoms with Crippen molar-refractivity contribution in [1.82, 2.24) is 4.31 Å². The number of benzene rings is 1. The van der Waals surface area contributed by atoms with Gasteiger partial charge < -0.3 is 5.11 Å². The van der Waals surface area contributed by atoms with Crippen molar-refractivity contribution in [1.29, 1.82) is 0 Å². The Labute approximate surface area is 110 Å². The van der Waals surface area contributed by atoms with Crippen LogP contribution >= 0.6 is 23.2 Å². The van der Waals surface area contributed by atoms with E-state index in [1.807, 2.05) is 0 Å². The van der Waals surface area contributed by atoms with E-state index >= 15 is 0 Å². The molecule has 1 fully saturated rings. The molecule has 0 atom stereocenters. The summed E-state index contributed by atoms with van der Waals surface area (Å²) >= 11 is 11.7. The fourth-order valence-electron chi connectivity index (χ4n) is 1.69. The van der Waals surface area contributed by atoms with Crippen LogP contribution in [0.15, 0.2) is 23.1 Å². The summed E-state index contributed by atoms with van der Waals surface area (Å²) < 4.78 is 25.7. The Morgan fingerprint density at radius 2 is 1.82 bits per heavy atom. The lowest BCUT2D eigenvalue weighted by molar-refractivity contribution is 0.117. The molecule has 4 nitrogen and oxygen atoms in total. The van der Waals surface area contributed by atoms with Gasteiger partial charge in [0.05, 0.1) is 10.0 Å². The lowest BCUT2D eigenvalue weighted by atomic mass is 10.1. The van der Waals surface area contributed by atoms with Crippen molar-refractivity contribution in [3.8, 4) is 0 Å². The molecule has 0 amide bonds. The number of hydrogen-bond acceptors (Lipinski definition) is 3. The number of aliphatic hydroxyl groups excluding tert-OH is 1. The van der Waals surface area contributed by atoms with Gasteiger partial charge >= 0.3 is 0 Å². The van der Waals surface area contributed by atoms with E-state index in [0.717, 1.165) is 0 Å². The lowest BCUT2D eigenvalue weighted by Gasteiger charge is -2.37. The summed E-state index contributed by atoms with van der Waals surface area (Å²) in [7, 11) is -3.65. The maximum absolute atomic E-state index is 12.2. The summed E-state index contributed by atoms with van der Waals surface area (Å²) in [6.45, 7) is 0.600. The highest BCUT2D eigenvalue weighted by atomic mass is 35.5. The van der Waals surface area contributed by atoms with Crippen molar-refractivity contribution in [3.63, 3.8) is 0 Å². The van der Waals surface area contributed by atoms with E-state index in [0.29, 0.717) is 13.1 Å². The topological polar surface area (TPSA) is 57.6 Å². The van der Waals surface area contributed by atoms with Gasteiger partial charge in [-0.2, -0.15) is 4.31 Å². The molecule has 17 heavy (non-hydrogen) atoms. The van der Waals surface area contributed by atoms with Crippen LogP contribution in [0.4, 0.5) is 0 Å². The Balaban J connectivity index is 2.34. The molecule has 0 bridgehead atoms. The van der Waals surface area contributed by atoms with Gasteiger partial charge in [-0.05, 0) is 12.1 Å². The van der Waals surface area contributed by atoms with E-state index in [1.165, 1.54) is 16.4 Å². The SMILES string of the molecule is O=S(=O)(c1c(Cl)cccc1Cl)N1CC(CO)C1. The zero-order chi connectivity index (χ0) is 12.6. The Morgan fingerprint density at radius 3 is 2.29 bits per heavy atom. The minimum atomic E-state index is -3.65. The standard InChI is InChI=1S/C10H11Cl2NO3S/c11-8-2-1-3-9(12)10(8)17(15,16)13-4-7(5-13)6-14/h1-3,7,14H,4-6H2. The maximum atomic E-state index is 12.2. The molecule has 1 aromatic rings. The fourth-order valence-corrected chi connectivity index (χ4v) is 4.38. The van der Waals surface area contributed by atoms with Gasteiger partial charge in [-0.3, -0.25) is 0 Å². The number of halogens is 2. The quantitative estimate of drug-likeness (QED) is 0.922. The molecule has 0 saturated carbocycles. The molecule has 1 aliphatic heterocycles. The van der Waals surface area contributed by atoms with Crippen LogP contribution in [0.5, 0.6) is 0 Å². The van der Waals surface area contributed by atoms with Crippen LogP contribution < -0.4 is 0 Å². The van der Waals surface area contributed by atoms with E-state index in [9.17, 15) is 8.42 Å². The lowest BCUT2D eigenvalue weighted by Crippen LogP contribution is -2.51. The van der Waals surface area contributed by atoms with Crippen LogP contribution in [0.1, 0.15) is 0 Å².